The second-order valence-corrected chi connectivity index (χ2v) is 11.9. The first-order valence-corrected chi connectivity index (χ1v) is 14.7. The molecule has 2 heterocycles. The maximum atomic E-state index is 13.7. The van der Waals surface area contributed by atoms with Crippen LogP contribution in [-0.4, -0.2) is 49.5 Å². The van der Waals surface area contributed by atoms with Crippen molar-refractivity contribution >= 4 is 48.8 Å². The van der Waals surface area contributed by atoms with E-state index < -0.39 is 15.9 Å². The lowest BCUT2D eigenvalue weighted by atomic mass is 10.2. The van der Waals surface area contributed by atoms with Gasteiger partial charge >= 0.3 is 0 Å². The number of hydrogen-bond acceptors (Lipinski definition) is 7. The van der Waals surface area contributed by atoms with Gasteiger partial charge in [0.1, 0.15) is 5.75 Å². The molecule has 0 N–H and O–H groups in total. The van der Waals surface area contributed by atoms with Gasteiger partial charge in [-0.05, 0) is 98.5 Å². The highest BCUT2D eigenvalue weighted by molar-refractivity contribution is 7.89. The predicted molar refractivity (Wildman–Crippen MR) is 151 cm³/mol. The van der Waals surface area contributed by atoms with Crippen molar-refractivity contribution in [2.75, 3.05) is 24.7 Å². The van der Waals surface area contributed by atoms with Gasteiger partial charge in [0.05, 0.1) is 27.9 Å². The molecule has 10 heteroatoms. The number of rotatable bonds is 8. The Morgan fingerprint density at radius 3 is 2.47 bits per heavy atom. The summed E-state index contributed by atoms with van der Waals surface area (Å²) in [6.07, 6.45) is 3.31. The molecule has 0 bridgehead atoms. The second-order valence-electron chi connectivity index (χ2n) is 8.97. The van der Waals surface area contributed by atoms with Gasteiger partial charge in [0.15, 0.2) is 0 Å². The average Bonchev–Trinajstić information content (AvgIpc) is 3.61. The summed E-state index contributed by atoms with van der Waals surface area (Å²) >= 11 is 1.37. The van der Waals surface area contributed by atoms with Crippen molar-refractivity contribution in [1.29, 1.82) is 0 Å². The molecule has 0 unspecified atom stereocenters. The largest absolute Gasteiger partial charge is 0.494 e. The van der Waals surface area contributed by atoms with Gasteiger partial charge in [-0.25, -0.2) is 13.4 Å². The summed E-state index contributed by atoms with van der Waals surface area (Å²) < 4.78 is 33.8. The van der Waals surface area contributed by atoms with Crippen molar-refractivity contribution in [1.82, 2.24) is 9.29 Å². The van der Waals surface area contributed by atoms with Crippen LogP contribution in [0.3, 0.4) is 0 Å². The van der Waals surface area contributed by atoms with Crippen molar-refractivity contribution in [2.24, 2.45) is 5.10 Å². The highest BCUT2D eigenvalue weighted by Gasteiger charge is 2.28. The number of amides is 1. The van der Waals surface area contributed by atoms with Crippen LogP contribution >= 0.6 is 11.3 Å². The number of carbonyl (C=O) groups excluding carboxylic acids is 1. The fourth-order valence-corrected chi connectivity index (χ4v) is 6.75. The zero-order valence-electron chi connectivity index (χ0n) is 21.2. The van der Waals surface area contributed by atoms with Gasteiger partial charge in [0.25, 0.3) is 5.91 Å². The van der Waals surface area contributed by atoms with Crippen molar-refractivity contribution < 1.29 is 17.9 Å². The number of benzene rings is 3. The first kappa shape index (κ1) is 26.0. The summed E-state index contributed by atoms with van der Waals surface area (Å²) in [5.41, 5.74) is 2.97. The maximum Gasteiger partial charge on any atom is 0.280 e. The van der Waals surface area contributed by atoms with Crippen LogP contribution in [-0.2, 0) is 10.0 Å². The van der Waals surface area contributed by atoms with Gasteiger partial charge in [0, 0.05) is 18.7 Å². The molecule has 1 aliphatic heterocycles. The van der Waals surface area contributed by atoms with E-state index in [9.17, 15) is 13.2 Å². The van der Waals surface area contributed by atoms with Gasteiger partial charge in [0.2, 0.25) is 15.2 Å². The fourth-order valence-electron chi connectivity index (χ4n) is 4.21. The number of anilines is 1. The Morgan fingerprint density at radius 2 is 1.79 bits per heavy atom. The first-order valence-electron chi connectivity index (χ1n) is 12.4. The summed E-state index contributed by atoms with van der Waals surface area (Å²) in [4.78, 5) is 18.5. The summed E-state index contributed by atoms with van der Waals surface area (Å²) in [6, 6.07) is 19.3. The Labute approximate surface area is 226 Å². The first-order chi connectivity index (χ1) is 18.3. The zero-order valence-corrected chi connectivity index (χ0v) is 22.8. The normalized spacial score (nSPS) is 14.4. The van der Waals surface area contributed by atoms with Crippen molar-refractivity contribution in [3.63, 3.8) is 0 Å². The SMILES string of the molecule is CCOc1ccc(/C=N/N(C(=O)c2ccc(S(=O)(=O)N3CCCC3)cc2)c2nc3ccc(C)cc3s2)cc1. The van der Waals surface area contributed by atoms with E-state index in [0.29, 0.717) is 30.4 Å². The summed E-state index contributed by atoms with van der Waals surface area (Å²) in [5.74, 6) is 0.344. The number of carbonyl (C=O) groups is 1. The van der Waals surface area contributed by atoms with Crippen LogP contribution in [0.4, 0.5) is 5.13 Å². The third-order valence-electron chi connectivity index (χ3n) is 6.22. The summed E-state index contributed by atoms with van der Waals surface area (Å²) in [7, 11) is -3.57. The van der Waals surface area contributed by atoms with Gasteiger partial charge in [-0.15, -0.1) is 0 Å². The Balaban J connectivity index is 1.47. The number of thiazole rings is 1. The molecule has 0 atom stereocenters. The smallest absolute Gasteiger partial charge is 0.280 e. The molecule has 1 saturated heterocycles. The van der Waals surface area contributed by atoms with E-state index in [4.69, 9.17) is 4.74 Å². The number of nitrogens with zero attached hydrogens (tertiary/aromatic N) is 4. The number of aromatic nitrogens is 1. The summed E-state index contributed by atoms with van der Waals surface area (Å²) in [5, 5.41) is 6.19. The number of fused-ring (bicyclic) bond motifs is 1. The van der Waals surface area contributed by atoms with E-state index in [1.54, 1.807) is 6.21 Å². The minimum absolute atomic E-state index is 0.177. The van der Waals surface area contributed by atoms with Gasteiger partial charge < -0.3 is 4.74 Å². The summed E-state index contributed by atoms with van der Waals surface area (Å²) in [6.45, 7) is 5.55. The molecule has 38 heavy (non-hydrogen) atoms. The van der Waals surface area contributed by atoms with E-state index >= 15 is 0 Å². The topological polar surface area (TPSA) is 92.2 Å². The van der Waals surface area contributed by atoms with E-state index in [-0.39, 0.29) is 4.90 Å². The number of sulfonamides is 1. The van der Waals surface area contributed by atoms with Gasteiger partial charge in [-0.1, -0.05) is 17.4 Å². The average molecular weight is 549 g/mol. The van der Waals surface area contributed by atoms with Crippen molar-refractivity contribution in [3.8, 4) is 5.75 Å². The van der Waals surface area contributed by atoms with Gasteiger partial charge in [-0.2, -0.15) is 14.4 Å². The Kier molecular flexibility index (Phi) is 7.55. The Hall–Kier alpha value is -3.60. The van der Waals surface area contributed by atoms with E-state index in [1.165, 1.54) is 44.9 Å². The van der Waals surface area contributed by atoms with Crippen molar-refractivity contribution in [3.05, 3.63) is 83.4 Å². The molecule has 5 rings (SSSR count). The molecule has 196 valence electrons. The van der Waals surface area contributed by atoms with E-state index in [1.807, 2.05) is 56.3 Å². The van der Waals surface area contributed by atoms with Crippen LogP contribution in [0, 0.1) is 6.92 Å². The molecular formula is C28H28N4O4S2. The molecule has 1 fully saturated rings. The zero-order chi connectivity index (χ0) is 26.7. The quantitative estimate of drug-likeness (QED) is 0.215. The van der Waals surface area contributed by atoms with Crippen LogP contribution in [0.1, 0.15) is 41.3 Å². The number of ether oxygens (including phenoxy) is 1. The standard InChI is InChI=1S/C28H28N4O4S2/c1-3-36-23-11-7-21(8-12-23)19-29-32(28-30-25-15-6-20(2)18-26(25)37-28)27(33)22-9-13-24(14-10-22)38(34,35)31-16-4-5-17-31/h6-15,18-19H,3-5,16-17H2,1-2H3/b29-19+. The highest BCUT2D eigenvalue weighted by atomic mass is 32.2. The molecule has 0 saturated carbocycles. The number of hydrazone groups is 1. The van der Waals surface area contributed by atoms with Crippen LogP contribution in [0.5, 0.6) is 5.75 Å². The van der Waals surface area contributed by atoms with Crippen LogP contribution in [0.15, 0.2) is 76.7 Å². The predicted octanol–water partition coefficient (Wildman–Crippen LogP) is 5.47. The molecule has 8 nitrogen and oxygen atoms in total. The second kappa shape index (κ2) is 11.0. The lowest BCUT2D eigenvalue weighted by molar-refractivity contribution is 0.0987. The molecule has 1 aliphatic rings. The maximum absolute atomic E-state index is 13.7. The number of aryl methyl sites for hydroxylation is 1. The molecule has 3 aromatic carbocycles. The number of hydrogen-bond donors (Lipinski definition) is 0. The van der Waals surface area contributed by atoms with Crippen LogP contribution in [0.2, 0.25) is 0 Å². The lowest BCUT2D eigenvalue weighted by Crippen LogP contribution is -2.28. The third-order valence-corrected chi connectivity index (χ3v) is 9.13. The Bertz CT molecular complexity index is 1570. The molecule has 1 aromatic heterocycles. The molecule has 0 radical (unpaired) electrons. The highest BCUT2D eigenvalue weighted by Crippen LogP contribution is 2.31. The van der Waals surface area contributed by atoms with Gasteiger partial charge in [-0.3, -0.25) is 4.79 Å². The van der Waals surface area contributed by atoms with Crippen LogP contribution in [0.25, 0.3) is 10.2 Å². The van der Waals surface area contributed by atoms with Crippen LogP contribution < -0.4 is 9.75 Å². The molecular weight excluding hydrogens is 520 g/mol. The van der Waals surface area contributed by atoms with E-state index in [0.717, 1.165) is 39.9 Å². The fraction of sp³-hybridized carbons (Fsp3) is 0.250. The molecule has 4 aromatic rings. The van der Waals surface area contributed by atoms with E-state index in [2.05, 4.69) is 10.1 Å². The molecule has 1 amide bonds. The lowest BCUT2D eigenvalue weighted by Gasteiger charge is -2.16. The minimum atomic E-state index is -3.57. The molecule has 0 aliphatic carbocycles. The third kappa shape index (κ3) is 5.47. The molecule has 0 spiro atoms. The monoisotopic (exact) mass is 548 g/mol. The minimum Gasteiger partial charge on any atom is -0.494 e. The Morgan fingerprint density at radius 1 is 1.08 bits per heavy atom. The van der Waals surface area contributed by atoms with Crippen molar-refractivity contribution in [2.45, 2.75) is 31.6 Å².